The van der Waals surface area contributed by atoms with E-state index in [9.17, 15) is 18.5 Å². The summed E-state index contributed by atoms with van der Waals surface area (Å²) in [4.78, 5) is 14.7. The zero-order valence-electron chi connectivity index (χ0n) is 17.9. The smallest absolute Gasteiger partial charge is 0.339 e. The van der Waals surface area contributed by atoms with Gasteiger partial charge < -0.3 is 4.18 Å². The molecule has 0 radical (unpaired) electrons. The third-order valence-electron chi connectivity index (χ3n) is 5.15. The molecule has 0 aliphatic heterocycles. The van der Waals surface area contributed by atoms with Gasteiger partial charge in [0.2, 0.25) is 0 Å². The van der Waals surface area contributed by atoms with Gasteiger partial charge in [-0.15, -0.1) is 0 Å². The van der Waals surface area contributed by atoms with E-state index in [1.54, 1.807) is 18.3 Å². The van der Waals surface area contributed by atoms with Crippen molar-refractivity contribution in [3.63, 3.8) is 0 Å². The van der Waals surface area contributed by atoms with Crippen LogP contribution in [0.15, 0.2) is 88.8 Å². The molecule has 0 bridgehead atoms. The van der Waals surface area contributed by atoms with E-state index < -0.39 is 15.0 Å². The summed E-state index contributed by atoms with van der Waals surface area (Å²) in [5.74, 6) is 0.112. The molecule has 33 heavy (non-hydrogen) atoms. The van der Waals surface area contributed by atoms with E-state index in [1.807, 2.05) is 56.3 Å². The minimum atomic E-state index is -4.23. The Hall–Kier alpha value is -4.04. The van der Waals surface area contributed by atoms with E-state index in [0.29, 0.717) is 5.56 Å². The molecule has 0 saturated carbocycles. The van der Waals surface area contributed by atoms with Crippen molar-refractivity contribution >= 4 is 38.5 Å². The Morgan fingerprint density at radius 1 is 0.939 bits per heavy atom. The van der Waals surface area contributed by atoms with Crippen molar-refractivity contribution in [1.29, 1.82) is 0 Å². The number of nitro groups is 1. The molecule has 0 atom stereocenters. The van der Waals surface area contributed by atoms with Gasteiger partial charge in [0, 0.05) is 23.9 Å². The molecule has 166 valence electrons. The van der Waals surface area contributed by atoms with Crippen molar-refractivity contribution in [1.82, 2.24) is 0 Å². The van der Waals surface area contributed by atoms with Crippen LogP contribution >= 0.6 is 0 Å². The molecule has 0 spiro atoms. The minimum Gasteiger partial charge on any atom is -0.378 e. The van der Waals surface area contributed by atoms with Crippen LogP contribution in [0.5, 0.6) is 5.75 Å². The fourth-order valence-corrected chi connectivity index (χ4v) is 4.41. The van der Waals surface area contributed by atoms with Crippen LogP contribution in [0.3, 0.4) is 0 Å². The number of non-ortho nitro benzene ring substituents is 1. The molecular weight excluding hydrogens is 440 g/mol. The van der Waals surface area contributed by atoms with Crippen LogP contribution in [0.4, 0.5) is 11.4 Å². The molecule has 0 aromatic heterocycles. The summed E-state index contributed by atoms with van der Waals surface area (Å²) in [5, 5.41) is 12.5. The van der Waals surface area contributed by atoms with Crippen LogP contribution in [-0.4, -0.2) is 19.6 Å². The Labute approximate surface area is 191 Å². The first-order valence-electron chi connectivity index (χ1n) is 10.1. The highest BCUT2D eigenvalue weighted by molar-refractivity contribution is 7.87. The molecule has 0 saturated heterocycles. The van der Waals surface area contributed by atoms with Gasteiger partial charge in [-0.25, -0.2) is 0 Å². The molecule has 0 heterocycles. The predicted octanol–water partition coefficient (Wildman–Crippen LogP) is 5.88. The lowest BCUT2D eigenvalue weighted by atomic mass is 10.0. The van der Waals surface area contributed by atoms with E-state index in [4.69, 9.17) is 4.18 Å². The van der Waals surface area contributed by atoms with Crippen LogP contribution in [0.25, 0.3) is 10.8 Å². The maximum Gasteiger partial charge on any atom is 0.339 e. The third-order valence-corrected chi connectivity index (χ3v) is 6.40. The van der Waals surface area contributed by atoms with Crippen molar-refractivity contribution in [2.24, 2.45) is 4.99 Å². The first-order chi connectivity index (χ1) is 15.7. The Bertz CT molecular complexity index is 1490. The summed E-state index contributed by atoms with van der Waals surface area (Å²) < 4.78 is 31.3. The van der Waals surface area contributed by atoms with Crippen LogP contribution in [0.1, 0.15) is 16.7 Å². The van der Waals surface area contributed by atoms with Gasteiger partial charge in [-0.2, -0.15) is 8.42 Å². The van der Waals surface area contributed by atoms with E-state index in [0.717, 1.165) is 51.9 Å². The van der Waals surface area contributed by atoms with Crippen LogP contribution in [0.2, 0.25) is 0 Å². The average molecular weight is 461 g/mol. The van der Waals surface area contributed by atoms with Crippen LogP contribution in [-0.2, 0) is 10.1 Å². The molecule has 0 unspecified atom stereocenters. The van der Waals surface area contributed by atoms with E-state index in [-0.39, 0.29) is 16.3 Å². The van der Waals surface area contributed by atoms with Crippen molar-refractivity contribution in [2.45, 2.75) is 18.7 Å². The van der Waals surface area contributed by atoms with Crippen molar-refractivity contribution < 1.29 is 17.5 Å². The third kappa shape index (κ3) is 4.75. The lowest BCUT2D eigenvalue weighted by Gasteiger charge is -2.12. The summed E-state index contributed by atoms with van der Waals surface area (Å²) >= 11 is 0. The highest BCUT2D eigenvalue weighted by Gasteiger charge is 2.20. The molecule has 0 aliphatic carbocycles. The lowest BCUT2D eigenvalue weighted by molar-refractivity contribution is -0.384. The van der Waals surface area contributed by atoms with Gasteiger partial charge in [-0.3, -0.25) is 15.1 Å². The Kier molecular flexibility index (Phi) is 5.93. The fraction of sp³-hybridized carbons (Fsp3) is 0.0800. The number of aryl methyl sites for hydroxylation is 2. The number of nitrogens with zero attached hydrogens (tertiary/aromatic N) is 2. The molecule has 4 aromatic carbocycles. The van der Waals surface area contributed by atoms with Crippen LogP contribution < -0.4 is 4.18 Å². The van der Waals surface area contributed by atoms with Gasteiger partial charge >= 0.3 is 10.1 Å². The maximum absolute atomic E-state index is 12.9. The number of rotatable bonds is 6. The maximum atomic E-state index is 12.9. The standard InChI is InChI=1S/C25H20N2O5S/c1-17-7-13-24(18(2)15-17)26-16-23-22-6-4-3-5-19(22)8-14-25(23)32-33(30,31)21-11-9-20(10-12-21)27(28)29/h3-16H,1-2H3. The van der Waals surface area contributed by atoms with Gasteiger partial charge in [0.1, 0.15) is 4.90 Å². The monoisotopic (exact) mass is 460 g/mol. The summed E-state index contributed by atoms with van der Waals surface area (Å²) in [7, 11) is -4.23. The Morgan fingerprint density at radius 3 is 2.36 bits per heavy atom. The molecule has 0 amide bonds. The van der Waals surface area contributed by atoms with Crippen molar-refractivity contribution in [3.05, 3.63) is 106 Å². The molecular formula is C25H20N2O5S. The molecule has 0 N–H and O–H groups in total. The summed E-state index contributed by atoms with van der Waals surface area (Å²) in [6.45, 7) is 3.96. The number of fused-ring (bicyclic) bond motifs is 1. The molecule has 0 aliphatic rings. The normalized spacial score (nSPS) is 11.7. The number of hydrogen-bond donors (Lipinski definition) is 0. The Balaban J connectivity index is 1.77. The van der Waals surface area contributed by atoms with Crippen molar-refractivity contribution in [3.8, 4) is 5.75 Å². The lowest BCUT2D eigenvalue weighted by Crippen LogP contribution is -2.11. The summed E-state index contributed by atoms with van der Waals surface area (Å²) in [5.41, 5.74) is 3.18. The topological polar surface area (TPSA) is 98.9 Å². The highest BCUT2D eigenvalue weighted by Crippen LogP contribution is 2.30. The second-order valence-corrected chi connectivity index (χ2v) is 9.08. The van der Waals surface area contributed by atoms with Gasteiger partial charge in [0.25, 0.3) is 5.69 Å². The number of nitro benzene ring substituents is 1. The fourth-order valence-electron chi connectivity index (χ4n) is 3.47. The Morgan fingerprint density at radius 2 is 1.67 bits per heavy atom. The molecule has 0 fully saturated rings. The molecule has 4 rings (SSSR count). The van der Waals surface area contributed by atoms with Gasteiger partial charge in [0.15, 0.2) is 5.75 Å². The molecule has 8 heteroatoms. The predicted molar refractivity (Wildman–Crippen MR) is 128 cm³/mol. The van der Waals surface area contributed by atoms with Gasteiger partial charge in [-0.1, -0.05) is 48.0 Å². The number of benzene rings is 4. The SMILES string of the molecule is Cc1ccc(N=Cc2c(OS(=O)(=O)c3ccc([N+](=O)[O-])cc3)ccc3ccccc23)c(C)c1. The second kappa shape index (κ2) is 8.84. The average Bonchev–Trinajstić information content (AvgIpc) is 2.79. The number of aliphatic imine (C=N–C) groups is 1. The quantitative estimate of drug-likeness (QED) is 0.155. The van der Waals surface area contributed by atoms with Crippen LogP contribution in [0, 0.1) is 24.0 Å². The summed E-state index contributed by atoms with van der Waals surface area (Å²) in [6, 6.07) is 21.3. The zero-order valence-corrected chi connectivity index (χ0v) is 18.7. The zero-order chi connectivity index (χ0) is 23.6. The van der Waals surface area contributed by atoms with E-state index >= 15 is 0 Å². The van der Waals surface area contributed by atoms with E-state index in [1.165, 1.54) is 0 Å². The first kappa shape index (κ1) is 22.2. The molecule has 7 nitrogen and oxygen atoms in total. The molecule has 4 aromatic rings. The van der Waals surface area contributed by atoms with Gasteiger partial charge in [0.05, 0.1) is 10.6 Å². The largest absolute Gasteiger partial charge is 0.378 e. The second-order valence-electron chi connectivity index (χ2n) is 7.54. The highest BCUT2D eigenvalue weighted by atomic mass is 32.2. The number of hydrogen-bond acceptors (Lipinski definition) is 6. The first-order valence-corrected chi connectivity index (χ1v) is 11.5. The van der Waals surface area contributed by atoms with Gasteiger partial charge in [-0.05, 0) is 54.4 Å². The van der Waals surface area contributed by atoms with E-state index in [2.05, 4.69) is 4.99 Å². The van der Waals surface area contributed by atoms with Crippen molar-refractivity contribution in [2.75, 3.05) is 0 Å². The minimum absolute atomic E-state index is 0.112. The summed E-state index contributed by atoms with van der Waals surface area (Å²) in [6.07, 6.45) is 1.60.